The highest BCUT2D eigenvalue weighted by molar-refractivity contribution is 5.29. The van der Waals surface area contributed by atoms with Crippen molar-refractivity contribution in [1.29, 1.82) is 0 Å². The summed E-state index contributed by atoms with van der Waals surface area (Å²) < 4.78 is 37.3. The van der Waals surface area contributed by atoms with E-state index in [1.807, 2.05) is 6.92 Å². The number of unbranched alkanes of at least 4 members (excludes halogenated alkanes) is 1. The Labute approximate surface area is 96.5 Å². The first kappa shape index (κ1) is 13.5. The molecule has 96 valence electrons. The Morgan fingerprint density at radius 1 is 1.47 bits per heavy atom. The van der Waals surface area contributed by atoms with Gasteiger partial charge in [-0.05, 0) is 6.42 Å². The number of H-pyrrole nitrogens is 1. The molecule has 0 aromatic carbocycles. The number of aromatic nitrogens is 2. The third-order valence-corrected chi connectivity index (χ3v) is 2.23. The summed E-state index contributed by atoms with van der Waals surface area (Å²) in [4.78, 5) is 18.3. The third kappa shape index (κ3) is 3.76. The SMILES string of the molecule is CCCCN(C)c1nc(C(F)(F)F)cc(=O)[nH]1. The van der Waals surface area contributed by atoms with Crippen molar-refractivity contribution in [3.05, 3.63) is 22.1 Å². The Hall–Kier alpha value is -1.53. The van der Waals surface area contributed by atoms with Crippen molar-refractivity contribution in [2.75, 3.05) is 18.5 Å². The summed E-state index contributed by atoms with van der Waals surface area (Å²) >= 11 is 0. The number of rotatable bonds is 4. The minimum atomic E-state index is -4.60. The number of anilines is 1. The summed E-state index contributed by atoms with van der Waals surface area (Å²) in [7, 11) is 1.59. The minimum absolute atomic E-state index is 0.0572. The van der Waals surface area contributed by atoms with E-state index in [1.165, 1.54) is 4.90 Å². The van der Waals surface area contributed by atoms with Crippen LogP contribution in [0.3, 0.4) is 0 Å². The molecule has 1 N–H and O–H groups in total. The zero-order valence-corrected chi connectivity index (χ0v) is 9.64. The smallest absolute Gasteiger partial charge is 0.345 e. The molecular weight excluding hydrogens is 235 g/mol. The molecule has 0 spiro atoms. The highest BCUT2D eigenvalue weighted by Crippen LogP contribution is 2.27. The highest BCUT2D eigenvalue weighted by atomic mass is 19.4. The van der Waals surface area contributed by atoms with Gasteiger partial charge in [-0.1, -0.05) is 13.3 Å². The van der Waals surface area contributed by atoms with Gasteiger partial charge in [0.25, 0.3) is 5.56 Å². The molecular formula is C10H14F3N3O. The minimum Gasteiger partial charge on any atom is -0.345 e. The van der Waals surface area contributed by atoms with Crippen molar-refractivity contribution in [2.24, 2.45) is 0 Å². The predicted octanol–water partition coefficient (Wildman–Crippen LogP) is 2.02. The van der Waals surface area contributed by atoms with E-state index in [-0.39, 0.29) is 5.95 Å². The van der Waals surface area contributed by atoms with Crippen molar-refractivity contribution in [1.82, 2.24) is 9.97 Å². The summed E-state index contributed by atoms with van der Waals surface area (Å²) in [6.07, 6.45) is -2.88. The molecule has 0 saturated heterocycles. The summed E-state index contributed by atoms with van der Waals surface area (Å²) in [5, 5.41) is 0. The van der Waals surface area contributed by atoms with E-state index in [1.54, 1.807) is 7.05 Å². The molecule has 0 fully saturated rings. The van der Waals surface area contributed by atoms with Crippen LogP contribution < -0.4 is 10.5 Å². The number of halogens is 3. The molecule has 0 bridgehead atoms. The highest BCUT2D eigenvalue weighted by Gasteiger charge is 2.33. The predicted molar refractivity (Wildman–Crippen MR) is 58.0 cm³/mol. The van der Waals surface area contributed by atoms with Crippen LogP contribution in [0.5, 0.6) is 0 Å². The van der Waals surface area contributed by atoms with E-state index in [9.17, 15) is 18.0 Å². The number of hydrogen-bond acceptors (Lipinski definition) is 3. The maximum absolute atomic E-state index is 12.4. The van der Waals surface area contributed by atoms with Gasteiger partial charge in [-0.3, -0.25) is 9.78 Å². The number of aromatic amines is 1. The summed E-state index contributed by atoms with van der Waals surface area (Å²) in [6, 6.07) is 0.456. The molecule has 0 aliphatic carbocycles. The molecule has 7 heteroatoms. The van der Waals surface area contributed by atoms with Gasteiger partial charge in [0.05, 0.1) is 0 Å². The van der Waals surface area contributed by atoms with E-state index in [0.717, 1.165) is 12.8 Å². The zero-order valence-electron chi connectivity index (χ0n) is 9.64. The lowest BCUT2D eigenvalue weighted by Crippen LogP contribution is -2.26. The molecule has 0 aliphatic heterocycles. The van der Waals surface area contributed by atoms with Crippen LogP contribution in [0.1, 0.15) is 25.5 Å². The summed E-state index contributed by atoms with van der Waals surface area (Å²) in [6.45, 7) is 2.51. The molecule has 0 aliphatic rings. The second kappa shape index (κ2) is 5.20. The van der Waals surface area contributed by atoms with Gasteiger partial charge < -0.3 is 4.90 Å². The molecule has 4 nitrogen and oxygen atoms in total. The molecule has 0 saturated carbocycles. The first-order valence-corrected chi connectivity index (χ1v) is 5.24. The fourth-order valence-electron chi connectivity index (χ4n) is 1.27. The monoisotopic (exact) mass is 249 g/mol. The van der Waals surface area contributed by atoms with Crippen molar-refractivity contribution in [3.63, 3.8) is 0 Å². The van der Waals surface area contributed by atoms with Crippen LogP contribution in [0.4, 0.5) is 19.1 Å². The Bertz CT molecular complexity index is 428. The van der Waals surface area contributed by atoms with Crippen molar-refractivity contribution in [2.45, 2.75) is 25.9 Å². The number of nitrogens with one attached hydrogen (secondary N) is 1. The van der Waals surface area contributed by atoms with Crippen LogP contribution in [0.15, 0.2) is 10.9 Å². The van der Waals surface area contributed by atoms with E-state index >= 15 is 0 Å². The van der Waals surface area contributed by atoms with Gasteiger partial charge in [0, 0.05) is 19.7 Å². The lowest BCUT2D eigenvalue weighted by molar-refractivity contribution is -0.141. The fourth-order valence-corrected chi connectivity index (χ4v) is 1.27. The Morgan fingerprint density at radius 3 is 2.65 bits per heavy atom. The summed E-state index contributed by atoms with van der Waals surface area (Å²) in [5.74, 6) is -0.0572. The van der Waals surface area contributed by atoms with Gasteiger partial charge in [-0.2, -0.15) is 13.2 Å². The molecule has 1 aromatic heterocycles. The largest absolute Gasteiger partial charge is 0.433 e. The molecule has 0 radical (unpaired) electrons. The van der Waals surface area contributed by atoms with Gasteiger partial charge in [-0.25, -0.2) is 4.98 Å². The van der Waals surface area contributed by atoms with Crippen LogP contribution in [-0.4, -0.2) is 23.6 Å². The lowest BCUT2D eigenvalue weighted by Gasteiger charge is -2.18. The van der Waals surface area contributed by atoms with Gasteiger partial charge in [-0.15, -0.1) is 0 Å². The average molecular weight is 249 g/mol. The van der Waals surface area contributed by atoms with Crippen LogP contribution in [-0.2, 0) is 6.18 Å². The van der Waals surface area contributed by atoms with E-state index in [0.29, 0.717) is 12.6 Å². The fraction of sp³-hybridized carbons (Fsp3) is 0.600. The quantitative estimate of drug-likeness (QED) is 0.888. The third-order valence-electron chi connectivity index (χ3n) is 2.23. The number of hydrogen-bond donors (Lipinski definition) is 1. The molecule has 1 rings (SSSR count). The maximum Gasteiger partial charge on any atom is 0.433 e. The molecule has 1 aromatic rings. The Kier molecular flexibility index (Phi) is 4.14. The molecule has 0 atom stereocenters. The molecule has 0 unspecified atom stereocenters. The number of nitrogens with zero attached hydrogens (tertiary/aromatic N) is 2. The normalized spacial score (nSPS) is 11.6. The average Bonchev–Trinajstić information content (AvgIpc) is 2.23. The molecule has 0 amide bonds. The van der Waals surface area contributed by atoms with Crippen molar-refractivity contribution >= 4 is 5.95 Å². The molecule has 17 heavy (non-hydrogen) atoms. The van der Waals surface area contributed by atoms with Crippen molar-refractivity contribution < 1.29 is 13.2 Å². The van der Waals surface area contributed by atoms with Gasteiger partial charge in [0.15, 0.2) is 5.69 Å². The van der Waals surface area contributed by atoms with E-state index in [2.05, 4.69) is 9.97 Å². The number of alkyl halides is 3. The van der Waals surface area contributed by atoms with Crippen molar-refractivity contribution in [3.8, 4) is 0 Å². The van der Waals surface area contributed by atoms with Crippen LogP contribution in [0.2, 0.25) is 0 Å². The van der Waals surface area contributed by atoms with Gasteiger partial charge in [0.2, 0.25) is 5.95 Å². The topological polar surface area (TPSA) is 49.0 Å². The first-order chi connectivity index (χ1) is 7.84. The Balaban J connectivity index is 3.01. The van der Waals surface area contributed by atoms with E-state index < -0.39 is 17.4 Å². The van der Waals surface area contributed by atoms with Gasteiger partial charge in [0.1, 0.15) is 0 Å². The van der Waals surface area contributed by atoms with E-state index in [4.69, 9.17) is 0 Å². The summed E-state index contributed by atoms with van der Waals surface area (Å²) in [5.41, 5.74) is -1.97. The lowest BCUT2D eigenvalue weighted by atomic mass is 10.3. The molecule has 1 heterocycles. The zero-order chi connectivity index (χ0) is 13.1. The second-order valence-corrected chi connectivity index (χ2v) is 3.73. The second-order valence-electron chi connectivity index (χ2n) is 3.73. The van der Waals surface area contributed by atoms with Crippen LogP contribution >= 0.6 is 0 Å². The Morgan fingerprint density at radius 2 is 2.12 bits per heavy atom. The van der Waals surface area contributed by atoms with Gasteiger partial charge >= 0.3 is 6.18 Å². The van der Waals surface area contributed by atoms with Crippen LogP contribution in [0.25, 0.3) is 0 Å². The standard InChI is InChI=1S/C10H14F3N3O/c1-3-4-5-16(2)9-14-7(10(11,12)13)6-8(17)15-9/h6H,3-5H2,1-2H3,(H,14,15,17). The maximum atomic E-state index is 12.4. The first-order valence-electron chi connectivity index (χ1n) is 5.24. The van der Waals surface area contributed by atoms with Crippen LogP contribution in [0, 0.1) is 0 Å².